The van der Waals surface area contributed by atoms with Gasteiger partial charge in [-0.3, -0.25) is 4.98 Å². The van der Waals surface area contributed by atoms with Crippen LogP contribution in [0.15, 0.2) is 42.0 Å². The van der Waals surface area contributed by atoms with Crippen LogP contribution in [0.1, 0.15) is 11.3 Å². The molecule has 4 heteroatoms. The van der Waals surface area contributed by atoms with Crippen LogP contribution in [0, 0.1) is 0 Å². The van der Waals surface area contributed by atoms with Crippen LogP contribution in [0.2, 0.25) is 0 Å². The largest absolute Gasteiger partial charge is 0.494 e. The smallest absolute Gasteiger partial charge is 0.146 e. The summed E-state index contributed by atoms with van der Waals surface area (Å²) >= 11 is 1.65. The van der Waals surface area contributed by atoms with E-state index in [1.54, 1.807) is 18.4 Å². The maximum Gasteiger partial charge on any atom is 0.146 e. The first-order valence-electron chi connectivity index (χ1n) is 6.17. The molecule has 0 N–H and O–H groups in total. The first-order valence-corrected chi connectivity index (χ1v) is 7.05. The van der Waals surface area contributed by atoms with E-state index in [0.717, 1.165) is 29.8 Å². The number of methoxy groups -OCH3 is 1. The minimum atomic E-state index is 0.856. The summed E-state index contributed by atoms with van der Waals surface area (Å²) in [5.74, 6) is 0.856. The van der Waals surface area contributed by atoms with Gasteiger partial charge in [-0.1, -0.05) is 6.07 Å². The molecule has 0 radical (unpaired) electrons. The SMILES string of the molecule is COc1cc(CCc2ccccn2)cc2scnc12. The fourth-order valence-corrected chi connectivity index (χ4v) is 2.86. The Hall–Kier alpha value is -1.94. The number of pyridine rings is 1. The van der Waals surface area contributed by atoms with Gasteiger partial charge in [-0.25, -0.2) is 4.98 Å². The molecule has 0 amide bonds. The van der Waals surface area contributed by atoms with Crippen molar-refractivity contribution in [3.63, 3.8) is 0 Å². The van der Waals surface area contributed by atoms with E-state index in [2.05, 4.69) is 28.2 Å². The minimum Gasteiger partial charge on any atom is -0.494 e. The minimum absolute atomic E-state index is 0.856. The van der Waals surface area contributed by atoms with E-state index in [0.29, 0.717) is 0 Å². The van der Waals surface area contributed by atoms with Gasteiger partial charge in [-0.05, 0) is 42.7 Å². The van der Waals surface area contributed by atoms with Crippen LogP contribution < -0.4 is 4.74 Å². The lowest BCUT2D eigenvalue weighted by Crippen LogP contribution is -1.95. The Labute approximate surface area is 115 Å². The number of hydrogen-bond donors (Lipinski definition) is 0. The topological polar surface area (TPSA) is 35.0 Å². The van der Waals surface area contributed by atoms with Crippen molar-refractivity contribution in [2.45, 2.75) is 12.8 Å². The lowest BCUT2D eigenvalue weighted by molar-refractivity contribution is 0.418. The zero-order chi connectivity index (χ0) is 13.1. The molecule has 0 aliphatic rings. The Balaban J connectivity index is 1.85. The maximum absolute atomic E-state index is 5.41. The number of aryl methyl sites for hydroxylation is 2. The third kappa shape index (κ3) is 2.58. The monoisotopic (exact) mass is 270 g/mol. The molecule has 2 aromatic heterocycles. The summed E-state index contributed by atoms with van der Waals surface area (Å²) in [7, 11) is 1.69. The van der Waals surface area contributed by atoms with Crippen molar-refractivity contribution in [3.05, 3.63) is 53.3 Å². The summed E-state index contributed by atoms with van der Waals surface area (Å²) < 4.78 is 6.58. The van der Waals surface area contributed by atoms with Crippen molar-refractivity contribution in [2.24, 2.45) is 0 Å². The van der Waals surface area contributed by atoms with Crippen LogP contribution in [0.3, 0.4) is 0 Å². The maximum atomic E-state index is 5.41. The van der Waals surface area contributed by atoms with Gasteiger partial charge in [0.05, 0.1) is 17.3 Å². The average molecular weight is 270 g/mol. The standard InChI is InChI=1S/C15H14N2OS/c1-18-13-8-11(9-14-15(13)17-10-19-14)5-6-12-4-2-3-7-16-12/h2-4,7-10H,5-6H2,1H3. The number of benzene rings is 1. The van der Waals surface area contributed by atoms with Gasteiger partial charge < -0.3 is 4.74 Å². The molecular formula is C15H14N2OS. The molecule has 0 aliphatic carbocycles. The van der Waals surface area contributed by atoms with E-state index >= 15 is 0 Å². The highest BCUT2D eigenvalue weighted by Crippen LogP contribution is 2.29. The van der Waals surface area contributed by atoms with Crippen molar-refractivity contribution < 1.29 is 4.74 Å². The van der Waals surface area contributed by atoms with Crippen LogP contribution in [0.25, 0.3) is 10.2 Å². The van der Waals surface area contributed by atoms with Gasteiger partial charge in [0.2, 0.25) is 0 Å². The third-order valence-electron chi connectivity index (χ3n) is 3.08. The Kier molecular flexibility index (Phi) is 3.42. The molecule has 3 nitrogen and oxygen atoms in total. The Morgan fingerprint density at radius 3 is 2.89 bits per heavy atom. The summed E-state index contributed by atoms with van der Waals surface area (Å²) in [6.07, 6.45) is 3.73. The normalized spacial score (nSPS) is 10.8. The van der Waals surface area contributed by atoms with Crippen molar-refractivity contribution in [1.29, 1.82) is 0 Å². The van der Waals surface area contributed by atoms with Crippen LogP contribution >= 0.6 is 11.3 Å². The van der Waals surface area contributed by atoms with E-state index in [4.69, 9.17) is 4.74 Å². The molecule has 0 bridgehead atoms. The number of rotatable bonds is 4. The fourth-order valence-electron chi connectivity index (χ4n) is 2.11. The quantitative estimate of drug-likeness (QED) is 0.728. The van der Waals surface area contributed by atoms with E-state index in [1.165, 1.54) is 10.3 Å². The van der Waals surface area contributed by atoms with Crippen LogP contribution in [0.4, 0.5) is 0 Å². The number of hydrogen-bond acceptors (Lipinski definition) is 4. The molecular weight excluding hydrogens is 256 g/mol. The predicted molar refractivity (Wildman–Crippen MR) is 77.8 cm³/mol. The van der Waals surface area contributed by atoms with Crippen LogP contribution in [0.5, 0.6) is 5.75 Å². The molecule has 0 spiro atoms. The van der Waals surface area contributed by atoms with Crippen molar-refractivity contribution in [2.75, 3.05) is 7.11 Å². The fraction of sp³-hybridized carbons (Fsp3) is 0.200. The summed E-state index contributed by atoms with van der Waals surface area (Å²) in [6, 6.07) is 10.3. The zero-order valence-corrected chi connectivity index (χ0v) is 11.5. The first kappa shape index (κ1) is 12.1. The summed E-state index contributed by atoms with van der Waals surface area (Å²) in [5.41, 5.74) is 5.19. The number of aromatic nitrogens is 2. The van der Waals surface area contributed by atoms with E-state index in [1.807, 2.05) is 23.8 Å². The first-order chi connectivity index (χ1) is 9.36. The molecule has 0 aliphatic heterocycles. The number of fused-ring (bicyclic) bond motifs is 1. The van der Waals surface area contributed by atoms with Gasteiger partial charge in [0.25, 0.3) is 0 Å². The summed E-state index contributed by atoms with van der Waals surface area (Å²) in [6.45, 7) is 0. The van der Waals surface area contributed by atoms with Gasteiger partial charge in [-0.2, -0.15) is 0 Å². The van der Waals surface area contributed by atoms with Crippen molar-refractivity contribution in [1.82, 2.24) is 9.97 Å². The van der Waals surface area contributed by atoms with Gasteiger partial charge >= 0.3 is 0 Å². The third-order valence-corrected chi connectivity index (χ3v) is 3.85. The van der Waals surface area contributed by atoms with E-state index in [-0.39, 0.29) is 0 Å². The molecule has 0 fully saturated rings. The lowest BCUT2D eigenvalue weighted by Gasteiger charge is -2.06. The van der Waals surface area contributed by atoms with E-state index in [9.17, 15) is 0 Å². The van der Waals surface area contributed by atoms with Gasteiger partial charge in [0, 0.05) is 11.9 Å². The molecule has 0 saturated carbocycles. The lowest BCUT2D eigenvalue weighted by atomic mass is 10.1. The predicted octanol–water partition coefficient (Wildman–Crippen LogP) is 3.49. The molecule has 0 atom stereocenters. The summed E-state index contributed by atoms with van der Waals surface area (Å²) in [5, 5.41) is 0. The average Bonchev–Trinajstić information content (AvgIpc) is 2.93. The van der Waals surface area contributed by atoms with E-state index < -0.39 is 0 Å². The van der Waals surface area contributed by atoms with Gasteiger partial charge in [0.15, 0.2) is 0 Å². The highest BCUT2D eigenvalue weighted by Gasteiger charge is 2.07. The number of nitrogens with zero attached hydrogens (tertiary/aromatic N) is 2. The molecule has 1 aromatic carbocycles. The molecule has 2 heterocycles. The van der Waals surface area contributed by atoms with Gasteiger partial charge in [0.1, 0.15) is 11.3 Å². The van der Waals surface area contributed by atoms with Crippen LogP contribution in [-0.4, -0.2) is 17.1 Å². The molecule has 96 valence electrons. The Morgan fingerprint density at radius 2 is 2.11 bits per heavy atom. The summed E-state index contributed by atoms with van der Waals surface area (Å²) in [4.78, 5) is 8.68. The second-order valence-corrected chi connectivity index (χ2v) is 5.20. The Bertz CT molecular complexity index is 679. The second-order valence-electron chi connectivity index (χ2n) is 4.32. The Morgan fingerprint density at radius 1 is 1.16 bits per heavy atom. The van der Waals surface area contributed by atoms with Crippen molar-refractivity contribution in [3.8, 4) is 5.75 Å². The molecule has 19 heavy (non-hydrogen) atoms. The zero-order valence-electron chi connectivity index (χ0n) is 10.7. The number of ether oxygens (including phenoxy) is 1. The molecule has 0 unspecified atom stereocenters. The second kappa shape index (κ2) is 5.36. The molecule has 0 saturated heterocycles. The van der Waals surface area contributed by atoms with Gasteiger partial charge in [-0.15, -0.1) is 11.3 Å². The highest BCUT2D eigenvalue weighted by atomic mass is 32.1. The highest BCUT2D eigenvalue weighted by molar-refractivity contribution is 7.16. The van der Waals surface area contributed by atoms with Crippen LogP contribution in [-0.2, 0) is 12.8 Å². The molecule has 3 rings (SSSR count). The molecule has 3 aromatic rings. The number of thiazole rings is 1. The van der Waals surface area contributed by atoms with Crippen molar-refractivity contribution >= 4 is 21.6 Å².